The maximum atomic E-state index is 10.3. The lowest BCUT2D eigenvalue weighted by molar-refractivity contribution is 0.199. The lowest BCUT2D eigenvalue weighted by Crippen LogP contribution is -2.03. The summed E-state index contributed by atoms with van der Waals surface area (Å²) in [5.41, 5.74) is 1.95. The zero-order chi connectivity index (χ0) is 14.5. The van der Waals surface area contributed by atoms with Crippen molar-refractivity contribution in [1.82, 2.24) is 0 Å². The Hall–Kier alpha value is -1.16. The maximum Gasteiger partial charge on any atom is 0.124 e. The van der Waals surface area contributed by atoms with E-state index in [4.69, 9.17) is 16.3 Å². The van der Waals surface area contributed by atoms with E-state index in [1.54, 1.807) is 37.1 Å². The highest BCUT2D eigenvalue weighted by Gasteiger charge is 2.14. The van der Waals surface area contributed by atoms with Crippen molar-refractivity contribution in [2.45, 2.75) is 17.9 Å². The van der Waals surface area contributed by atoms with Crippen LogP contribution in [-0.4, -0.2) is 18.0 Å². The molecule has 0 bridgehead atoms. The number of hydrogen-bond acceptors (Lipinski definition) is 3. The molecule has 106 valence electrons. The van der Waals surface area contributed by atoms with Gasteiger partial charge in [0.25, 0.3) is 0 Å². The Balaban J connectivity index is 2.06. The number of hydrogen-bond donors (Lipinski definition) is 1. The van der Waals surface area contributed by atoms with Crippen molar-refractivity contribution in [2.24, 2.45) is 0 Å². The maximum absolute atomic E-state index is 10.3. The minimum absolute atomic E-state index is 0.555. The van der Waals surface area contributed by atoms with Crippen LogP contribution in [0.15, 0.2) is 47.4 Å². The molecule has 0 aliphatic carbocycles. The average Bonchev–Trinajstić information content (AvgIpc) is 2.46. The Morgan fingerprint density at radius 3 is 2.55 bits per heavy atom. The third kappa shape index (κ3) is 3.92. The summed E-state index contributed by atoms with van der Waals surface area (Å²) < 4.78 is 5.26. The van der Waals surface area contributed by atoms with Gasteiger partial charge in [0.1, 0.15) is 5.75 Å². The summed E-state index contributed by atoms with van der Waals surface area (Å²) in [6, 6.07) is 13.5. The Morgan fingerprint density at radius 1 is 1.20 bits per heavy atom. The SMILES string of the molecule is COc1ccc(Cl)cc1C(O)CSc1ccc(C)cc1. The third-order valence-electron chi connectivity index (χ3n) is 2.98. The molecule has 2 aromatic rings. The van der Waals surface area contributed by atoms with Crippen molar-refractivity contribution in [2.75, 3.05) is 12.9 Å². The van der Waals surface area contributed by atoms with Gasteiger partial charge in [0.2, 0.25) is 0 Å². The van der Waals surface area contributed by atoms with Gasteiger partial charge in [0.05, 0.1) is 13.2 Å². The summed E-state index contributed by atoms with van der Waals surface area (Å²) in [4.78, 5) is 1.13. The van der Waals surface area contributed by atoms with Crippen molar-refractivity contribution in [3.05, 3.63) is 58.6 Å². The van der Waals surface area contributed by atoms with Crippen molar-refractivity contribution >= 4 is 23.4 Å². The van der Waals surface area contributed by atoms with Gasteiger partial charge in [-0.1, -0.05) is 29.3 Å². The first-order chi connectivity index (χ1) is 9.60. The van der Waals surface area contributed by atoms with E-state index in [0.29, 0.717) is 16.5 Å². The Labute approximate surface area is 128 Å². The Morgan fingerprint density at radius 2 is 1.90 bits per heavy atom. The summed E-state index contributed by atoms with van der Waals surface area (Å²) >= 11 is 7.59. The number of aryl methyl sites for hydroxylation is 1. The van der Waals surface area contributed by atoms with Crippen LogP contribution < -0.4 is 4.74 Å². The van der Waals surface area contributed by atoms with E-state index < -0.39 is 6.10 Å². The van der Waals surface area contributed by atoms with Crippen LogP contribution in [0.4, 0.5) is 0 Å². The number of aliphatic hydroxyl groups excluding tert-OH is 1. The molecule has 0 aromatic heterocycles. The number of rotatable bonds is 5. The van der Waals surface area contributed by atoms with Gasteiger partial charge >= 0.3 is 0 Å². The van der Waals surface area contributed by atoms with Crippen LogP contribution in [0.25, 0.3) is 0 Å². The number of aliphatic hydroxyl groups is 1. The fourth-order valence-corrected chi connectivity index (χ4v) is 2.90. The minimum atomic E-state index is -0.616. The molecule has 20 heavy (non-hydrogen) atoms. The van der Waals surface area contributed by atoms with Gasteiger partial charge in [-0.2, -0.15) is 0 Å². The van der Waals surface area contributed by atoms with Crippen LogP contribution in [-0.2, 0) is 0 Å². The first kappa shape index (κ1) is 15.2. The predicted molar refractivity (Wildman–Crippen MR) is 84.9 cm³/mol. The number of benzene rings is 2. The van der Waals surface area contributed by atoms with Crippen molar-refractivity contribution in [1.29, 1.82) is 0 Å². The van der Waals surface area contributed by atoms with E-state index in [1.165, 1.54) is 5.56 Å². The van der Waals surface area contributed by atoms with E-state index in [1.807, 2.05) is 0 Å². The first-order valence-corrected chi connectivity index (χ1v) is 7.67. The summed E-state index contributed by atoms with van der Waals surface area (Å²) in [6.45, 7) is 2.06. The zero-order valence-electron chi connectivity index (χ0n) is 11.5. The molecule has 4 heteroatoms. The fourth-order valence-electron chi connectivity index (χ4n) is 1.87. The van der Waals surface area contributed by atoms with Gasteiger partial charge in [-0.25, -0.2) is 0 Å². The summed E-state index contributed by atoms with van der Waals surface area (Å²) in [5.74, 6) is 1.21. The molecule has 0 aliphatic rings. The van der Waals surface area contributed by atoms with E-state index in [9.17, 15) is 5.11 Å². The van der Waals surface area contributed by atoms with Crippen LogP contribution in [0.2, 0.25) is 5.02 Å². The van der Waals surface area contributed by atoms with Crippen molar-refractivity contribution < 1.29 is 9.84 Å². The molecule has 0 fully saturated rings. The second kappa shape index (κ2) is 7.02. The van der Waals surface area contributed by atoms with E-state index >= 15 is 0 Å². The van der Waals surface area contributed by atoms with Gasteiger partial charge < -0.3 is 9.84 Å². The standard InChI is InChI=1S/C16H17ClO2S/c1-11-3-6-13(7-4-11)20-10-15(18)14-9-12(17)5-8-16(14)19-2/h3-9,15,18H,10H2,1-2H3. The highest BCUT2D eigenvalue weighted by molar-refractivity contribution is 7.99. The first-order valence-electron chi connectivity index (χ1n) is 6.31. The van der Waals surface area contributed by atoms with Gasteiger partial charge in [0, 0.05) is 21.2 Å². The second-order valence-corrected chi connectivity index (χ2v) is 6.06. The van der Waals surface area contributed by atoms with Crippen LogP contribution in [0.5, 0.6) is 5.75 Å². The molecule has 0 aliphatic heterocycles. The highest BCUT2D eigenvalue weighted by Crippen LogP contribution is 2.32. The van der Waals surface area contributed by atoms with E-state index in [-0.39, 0.29) is 0 Å². The Kier molecular flexibility index (Phi) is 5.35. The second-order valence-electron chi connectivity index (χ2n) is 4.53. The number of methoxy groups -OCH3 is 1. The molecule has 1 atom stereocenters. The van der Waals surface area contributed by atoms with Gasteiger partial charge in [-0.3, -0.25) is 0 Å². The predicted octanol–water partition coefficient (Wildman–Crippen LogP) is 4.48. The summed E-state index contributed by atoms with van der Waals surface area (Å²) in [7, 11) is 1.59. The van der Waals surface area contributed by atoms with E-state index in [0.717, 1.165) is 10.5 Å². The van der Waals surface area contributed by atoms with E-state index in [2.05, 4.69) is 31.2 Å². The number of thioether (sulfide) groups is 1. The van der Waals surface area contributed by atoms with Gasteiger partial charge in [0.15, 0.2) is 0 Å². The summed E-state index contributed by atoms with van der Waals surface area (Å²) in [5, 5.41) is 10.9. The normalized spacial score (nSPS) is 12.2. The molecule has 1 unspecified atom stereocenters. The molecule has 0 amide bonds. The third-order valence-corrected chi connectivity index (χ3v) is 4.30. The lowest BCUT2D eigenvalue weighted by atomic mass is 10.1. The van der Waals surface area contributed by atoms with Crippen molar-refractivity contribution in [3.8, 4) is 5.75 Å². The molecule has 0 heterocycles. The molecule has 2 aromatic carbocycles. The topological polar surface area (TPSA) is 29.5 Å². The molecular weight excluding hydrogens is 292 g/mol. The quantitative estimate of drug-likeness (QED) is 0.826. The fraction of sp³-hybridized carbons (Fsp3) is 0.250. The molecule has 2 nitrogen and oxygen atoms in total. The van der Waals surface area contributed by atoms with Crippen LogP contribution in [0, 0.1) is 6.92 Å². The largest absolute Gasteiger partial charge is 0.496 e. The van der Waals surface area contributed by atoms with Crippen LogP contribution >= 0.6 is 23.4 Å². The van der Waals surface area contributed by atoms with Crippen LogP contribution in [0.1, 0.15) is 17.2 Å². The molecule has 1 N–H and O–H groups in total. The van der Waals surface area contributed by atoms with Crippen molar-refractivity contribution in [3.63, 3.8) is 0 Å². The monoisotopic (exact) mass is 308 g/mol. The van der Waals surface area contributed by atoms with Crippen LogP contribution in [0.3, 0.4) is 0 Å². The van der Waals surface area contributed by atoms with Gasteiger partial charge in [-0.15, -0.1) is 11.8 Å². The minimum Gasteiger partial charge on any atom is -0.496 e. The smallest absolute Gasteiger partial charge is 0.124 e. The number of ether oxygens (including phenoxy) is 1. The molecule has 2 rings (SSSR count). The number of halogens is 1. The van der Waals surface area contributed by atoms with Gasteiger partial charge in [-0.05, 0) is 37.3 Å². The molecular formula is C16H17ClO2S. The highest BCUT2D eigenvalue weighted by atomic mass is 35.5. The Bertz CT molecular complexity index is 569. The summed E-state index contributed by atoms with van der Waals surface area (Å²) in [6.07, 6.45) is -0.616. The lowest BCUT2D eigenvalue weighted by Gasteiger charge is -2.15. The average molecular weight is 309 g/mol. The molecule has 0 radical (unpaired) electrons. The molecule has 0 saturated carbocycles. The molecule has 0 spiro atoms. The molecule has 0 saturated heterocycles. The zero-order valence-corrected chi connectivity index (χ0v) is 13.0.